The van der Waals surface area contributed by atoms with Crippen LogP contribution in [0.15, 0.2) is 0 Å². The largest absolute Gasteiger partial charge is 0.747 e. The Kier molecular flexibility index (Phi) is 17.6. The molecule has 2 aliphatic heterocycles. The van der Waals surface area contributed by atoms with Gasteiger partial charge in [0.15, 0.2) is 0 Å². The van der Waals surface area contributed by atoms with Crippen molar-refractivity contribution < 1.29 is 78.7 Å². The standard InChI is InChI=1S/C10H14N2O8S.C7H9NO5.C6H13NO4S/c1-2-11(6-21(17,18)19)9(15)5-10(16)20-12-7(13)3-4-8(12)14;1-2-12-7(11)13-8-5(9)3-4-6(8)10;1-3-6(8)7(4-2)5-12(9,10)11/h2-6H2,1H3,(H,17,18,19);2-4H2,1H3;3-5H2,1-2H3,(H,9,10,11)/p-1. The molecule has 0 atom stereocenters. The summed E-state index contributed by atoms with van der Waals surface area (Å²) in [7, 11) is -8.76. The van der Waals surface area contributed by atoms with Gasteiger partial charge in [-0.3, -0.25) is 38.2 Å². The van der Waals surface area contributed by atoms with Crippen molar-refractivity contribution in [2.24, 2.45) is 0 Å². The summed E-state index contributed by atoms with van der Waals surface area (Å²) >= 11 is 0. The van der Waals surface area contributed by atoms with Crippen molar-refractivity contribution >= 4 is 67.8 Å². The predicted octanol–water partition coefficient (Wildman–Crippen LogP) is -1.35. The molecule has 0 saturated carbocycles. The molecule has 6 amide bonds. The minimum absolute atomic E-state index is 0.0620. The van der Waals surface area contributed by atoms with Crippen LogP contribution in [0.4, 0.5) is 4.79 Å². The summed E-state index contributed by atoms with van der Waals surface area (Å²) in [5.74, 6) is -6.50. The molecular weight excluding hydrogens is 668 g/mol. The van der Waals surface area contributed by atoms with Crippen LogP contribution in [0.2, 0.25) is 0 Å². The number of carbonyl (C=O) groups is 8. The summed E-state index contributed by atoms with van der Waals surface area (Å²) in [4.78, 5) is 99.5. The number of nitrogens with zero attached hydrogens (tertiary/aromatic N) is 4. The Labute approximate surface area is 264 Å². The van der Waals surface area contributed by atoms with E-state index in [-0.39, 0.29) is 62.8 Å². The number of carbonyl (C=O) groups excluding carboxylic acids is 8. The van der Waals surface area contributed by atoms with Crippen molar-refractivity contribution in [3.05, 3.63) is 0 Å². The average Bonchev–Trinajstić information content (AvgIpc) is 3.44. The molecule has 2 rings (SSSR count). The van der Waals surface area contributed by atoms with Gasteiger partial charge in [-0.1, -0.05) is 12.0 Å². The van der Waals surface area contributed by atoms with Gasteiger partial charge in [0.05, 0.1) is 6.61 Å². The van der Waals surface area contributed by atoms with Crippen LogP contribution in [-0.2, 0) is 68.2 Å². The van der Waals surface area contributed by atoms with Crippen LogP contribution in [0.3, 0.4) is 0 Å². The molecule has 0 aromatic carbocycles. The van der Waals surface area contributed by atoms with Crippen molar-refractivity contribution in [2.45, 2.75) is 66.2 Å². The number of hydroxylamine groups is 4. The van der Waals surface area contributed by atoms with Crippen molar-refractivity contribution in [3.8, 4) is 0 Å². The summed E-state index contributed by atoms with van der Waals surface area (Å²) in [6, 6.07) is 0. The molecule has 46 heavy (non-hydrogen) atoms. The van der Waals surface area contributed by atoms with Crippen LogP contribution in [0.5, 0.6) is 0 Å². The van der Waals surface area contributed by atoms with Crippen molar-refractivity contribution in [2.75, 3.05) is 31.4 Å². The second-order valence-electron chi connectivity index (χ2n) is 8.83. The Morgan fingerprint density at radius 3 is 1.50 bits per heavy atom. The maximum Gasteiger partial charge on any atom is 0.533 e. The Morgan fingerprint density at radius 2 is 1.15 bits per heavy atom. The lowest BCUT2D eigenvalue weighted by Crippen LogP contribution is -2.38. The van der Waals surface area contributed by atoms with E-state index in [4.69, 9.17) is 4.55 Å². The highest BCUT2D eigenvalue weighted by Crippen LogP contribution is 2.13. The molecule has 0 radical (unpaired) electrons. The van der Waals surface area contributed by atoms with E-state index in [0.29, 0.717) is 9.96 Å². The van der Waals surface area contributed by atoms with Gasteiger partial charge in [-0.25, -0.2) is 18.0 Å². The van der Waals surface area contributed by atoms with E-state index in [0.717, 1.165) is 4.90 Å². The Morgan fingerprint density at radius 1 is 0.739 bits per heavy atom. The molecule has 1 N–H and O–H groups in total. The van der Waals surface area contributed by atoms with Crippen LogP contribution in [0.25, 0.3) is 0 Å². The molecule has 0 aromatic rings. The molecule has 0 unspecified atom stereocenters. The zero-order valence-electron chi connectivity index (χ0n) is 25.4. The lowest BCUT2D eigenvalue weighted by atomic mass is 10.4. The molecule has 23 heteroatoms. The Hall–Kier alpha value is -4.22. The van der Waals surface area contributed by atoms with Crippen molar-refractivity contribution in [1.82, 2.24) is 19.9 Å². The van der Waals surface area contributed by atoms with Gasteiger partial charge in [-0.05, 0) is 20.8 Å². The van der Waals surface area contributed by atoms with Gasteiger partial charge < -0.3 is 23.9 Å². The Balaban J connectivity index is 0.000000701. The molecule has 0 aromatic heterocycles. The first-order valence-corrected chi connectivity index (χ1v) is 16.6. The molecule has 21 nitrogen and oxygen atoms in total. The van der Waals surface area contributed by atoms with Gasteiger partial charge in [0.2, 0.25) is 11.8 Å². The smallest absolute Gasteiger partial charge is 0.533 e. The second-order valence-corrected chi connectivity index (χ2v) is 11.6. The van der Waals surface area contributed by atoms with Gasteiger partial charge in [-0.2, -0.15) is 8.42 Å². The maximum absolute atomic E-state index is 11.7. The molecule has 2 fully saturated rings. The van der Waals surface area contributed by atoms with Gasteiger partial charge >= 0.3 is 12.1 Å². The molecule has 2 aliphatic rings. The first-order chi connectivity index (χ1) is 21.2. The predicted molar refractivity (Wildman–Crippen MR) is 147 cm³/mol. The minimum Gasteiger partial charge on any atom is -0.747 e. The molecule has 0 bridgehead atoms. The molecule has 0 aliphatic carbocycles. The van der Waals surface area contributed by atoms with Crippen LogP contribution < -0.4 is 0 Å². The summed E-state index contributed by atoms with van der Waals surface area (Å²) in [5.41, 5.74) is 0. The number of amides is 6. The topological polar surface area (TPSA) is 289 Å². The van der Waals surface area contributed by atoms with Gasteiger partial charge in [0.25, 0.3) is 33.7 Å². The maximum atomic E-state index is 11.7. The lowest BCUT2D eigenvalue weighted by Gasteiger charge is -2.21. The van der Waals surface area contributed by atoms with Crippen LogP contribution in [-0.4, -0.2) is 125 Å². The first kappa shape index (κ1) is 41.8. The Bertz CT molecular complexity index is 1350. The van der Waals surface area contributed by atoms with E-state index in [1.165, 1.54) is 6.92 Å². The summed E-state index contributed by atoms with van der Waals surface area (Å²) in [6.45, 7) is 6.59. The van der Waals surface area contributed by atoms with Crippen molar-refractivity contribution in [1.29, 1.82) is 0 Å². The zero-order chi connectivity index (χ0) is 35.8. The average molecular weight is 704 g/mol. The van der Waals surface area contributed by atoms with Gasteiger partial charge in [-0.15, -0.1) is 5.06 Å². The van der Waals surface area contributed by atoms with Crippen LogP contribution in [0, 0.1) is 0 Å². The number of rotatable bonds is 12. The molecule has 2 saturated heterocycles. The molecule has 262 valence electrons. The van der Waals surface area contributed by atoms with Crippen LogP contribution in [0.1, 0.15) is 66.2 Å². The normalized spacial score (nSPS) is 14.5. The van der Waals surface area contributed by atoms with E-state index in [1.807, 2.05) is 0 Å². The monoisotopic (exact) mass is 703 g/mol. The highest BCUT2D eigenvalue weighted by atomic mass is 32.2. The second kappa shape index (κ2) is 19.3. The summed E-state index contributed by atoms with van der Waals surface area (Å²) in [6.07, 6.45) is -1.68. The van der Waals surface area contributed by atoms with E-state index >= 15 is 0 Å². The van der Waals surface area contributed by atoms with Crippen molar-refractivity contribution in [3.63, 3.8) is 0 Å². The zero-order valence-corrected chi connectivity index (χ0v) is 27.0. The fraction of sp³-hybridized carbons (Fsp3) is 0.652. The highest BCUT2D eigenvalue weighted by molar-refractivity contribution is 7.85. The third kappa shape index (κ3) is 16.2. The number of hydrogen-bond donors (Lipinski definition) is 1. The minimum atomic E-state index is -4.42. The van der Waals surface area contributed by atoms with Gasteiger partial charge in [0.1, 0.15) is 28.3 Å². The molecular formula is C23H35N4O17S2-. The fourth-order valence-electron chi connectivity index (χ4n) is 3.19. The third-order valence-corrected chi connectivity index (χ3v) is 6.60. The summed E-state index contributed by atoms with van der Waals surface area (Å²) < 4.78 is 65.3. The van der Waals surface area contributed by atoms with E-state index in [1.54, 1.807) is 20.8 Å². The molecule has 0 spiro atoms. The molecule has 2 heterocycles. The quantitative estimate of drug-likeness (QED) is 0.106. The SMILES string of the molecule is CCC(=O)N(CC)CS(=O)(=O)[O-].CCN(CS(=O)(=O)O)C(=O)CC(=O)ON1C(=O)CCC1=O.CCOC(=O)ON1C(=O)CCC1=O. The number of imide groups is 2. The highest BCUT2D eigenvalue weighted by Gasteiger charge is 2.34. The van der Waals surface area contributed by atoms with E-state index in [9.17, 15) is 59.7 Å². The fourth-order valence-corrected chi connectivity index (χ4v) is 4.62. The van der Waals surface area contributed by atoms with Crippen LogP contribution >= 0.6 is 0 Å². The van der Waals surface area contributed by atoms with E-state index < -0.39 is 80.1 Å². The third-order valence-electron chi connectivity index (χ3n) is 5.33. The lowest BCUT2D eigenvalue weighted by molar-refractivity contribution is -0.198. The first-order valence-electron chi connectivity index (χ1n) is 13.4. The number of ether oxygens (including phenoxy) is 1. The summed E-state index contributed by atoms with van der Waals surface area (Å²) in [5, 5.41) is 0.729. The number of hydrogen-bond acceptors (Lipinski definition) is 16. The van der Waals surface area contributed by atoms with Gasteiger partial charge in [0, 0.05) is 45.2 Å². The van der Waals surface area contributed by atoms with E-state index in [2.05, 4.69) is 14.4 Å².